The van der Waals surface area contributed by atoms with Crippen LogP contribution in [0.1, 0.15) is 52.4 Å². The molecule has 0 aromatic heterocycles. The van der Waals surface area contributed by atoms with Crippen molar-refractivity contribution in [3.05, 3.63) is 11.6 Å². The molecule has 13 heavy (non-hydrogen) atoms. The molecule has 0 aliphatic carbocycles. The van der Waals surface area contributed by atoms with E-state index in [9.17, 15) is 4.79 Å². The molecule has 0 aliphatic heterocycles. The quantitative estimate of drug-likeness (QED) is 0.486. The van der Waals surface area contributed by atoms with Crippen molar-refractivity contribution in [1.29, 1.82) is 0 Å². The zero-order chi connectivity index (χ0) is 10.1. The van der Waals surface area contributed by atoms with Crippen LogP contribution in [0.15, 0.2) is 11.6 Å². The number of hydrogen-bond acceptors (Lipinski definition) is 1. The van der Waals surface area contributed by atoms with Gasteiger partial charge in [0.2, 0.25) is 0 Å². The molecule has 0 saturated carbocycles. The van der Waals surface area contributed by atoms with E-state index in [4.69, 9.17) is 5.11 Å². The maximum Gasteiger partial charge on any atom is 0.330 e. The van der Waals surface area contributed by atoms with E-state index >= 15 is 0 Å². The summed E-state index contributed by atoms with van der Waals surface area (Å²) in [5.41, 5.74) is 0.468. The lowest BCUT2D eigenvalue weighted by Crippen LogP contribution is -1.95. The molecule has 0 atom stereocenters. The molecule has 76 valence electrons. The molecule has 1 N–H and O–H groups in total. The molecule has 0 saturated heterocycles. The van der Waals surface area contributed by atoms with Gasteiger partial charge in [0.15, 0.2) is 0 Å². The van der Waals surface area contributed by atoms with Crippen LogP contribution in [-0.2, 0) is 4.79 Å². The van der Waals surface area contributed by atoms with Gasteiger partial charge < -0.3 is 5.11 Å². The number of allylic oxidation sites excluding steroid dienone is 1. The minimum Gasteiger partial charge on any atom is -0.478 e. The number of carbonyl (C=O) groups is 1. The monoisotopic (exact) mass is 184 g/mol. The van der Waals surface area contributed by atoms with Crippen LogP contribution in [-0.4, -0.2) is 11.1 Å². The molecule has 0 aromatic carbocycles. The first kappa shape index (κ1) is 12.2. The zero-order valence-corrected chi connectivity index (χ0v) is 8.68. The van der Waals surface area contributed by atoms with Crippen LogP contribution in [0.4, 0.5) is 0 Å². The van der Waals surface area contributed by atoms with E-state index in [1.807, 2.05) is 6.08 Å². The van der Waals surface area contributed by atoms with Gasteiger partial charge in [-0.2, -0.15) is 0 Å². The zero-order valence-electron chi connectivity index (χ0n) is 8.68. The van der Waals surface area contributed by atoms with Gasteiger partial charge in [-0.15, -0.1) is 0 Å². The minimum atomic E-state index is -0.798. The van der Waals surface area contributed by atoms with E-state index in [1.165, 1.54) is 25.7 Å². The predicted molar refractivity (Wildman–Crippen MR) is 54.8 cm³/mol. The van der Waals surface area contributed by atoms with Crippen molar-refractivity contribution >= 4 is 5.97 Å². The van der Waals surface area contributed by atoms with Gasteiger partial charge in [-0.05, 0) is 19.8 Å². The normalized spacial score (nSPS) is 11.7. The molecule has 0 bridgehead atoms. The average Bonchev–Trinajstić information content (AvgIpc) is 2.10. The summed E-state index contributed by atoms with van der Waals surface area (Å²) in [4.78, 5) is 10.4. The van der Waals surface area contributed by atoms with Crippen LogP contribution in [0.3, 0.4) is 0 Å². The second-order valence-corrected chi connectivity index (χ2v) is 3.40. The van der Waals surface area contributed by atoms with E-state index in [2.05, 4.69) is 6.92 Å². The fourth-order valence-electron chi connectivity index (χ4n) is 1.15. The van der Waals surface area contributed by atoms with Gasteiger partial charge in [-0.25, -0.2) is 4.79 Å². The van der Waals surface area contributed by atoms with E-state index < -0.39 is 5.97 Å². The number of aliphatic carboxylic acids is 1. The van der Waals surface area contributed by atoms with E-state index in [1.54, 1.807) is 6.92 Å². The fraction of sp³-hybridized carbons (Fsp3) is 0.727. The van der Waals surface area contributed by atoms with Crippen LogP contribution < -0.4 is 0 Å². The van der Waals surface area contributed by atoms with E-state index in [0.717, 1.165) is 12.8 Å². The molecule has 0 aromatic rings. The lowest BCUT2D eigenvalue weighted by Gasteiger charge is -1.97. The Morgan fingerprint density at radius 3 is 2.38 bits per heavy atom. The van der Waals surface area contributed by atoms with Gasteiger partial charge in [0.05, 0.1) is 0 Å². The van der Waals surface area contributed by atoms with Gasteiger partial charge in [0.25, 0.3) is 0 Å². The summed E-state index contributed by atoms with van der Waals surface area (Å²) >= 11 is 0. The third-order valence-electron chi connectivity index (χ3n) is 2.10. The summed E-state index contributed by atoms with van der Waals surface area (Å²) in [6.07, 6.45) is 8.88. The number of rotatable bonds is 7. The first-order valence-corrected chi connectivity index (χ1v) is 5.08. The van der Waals surface area contributed by atoms with E-state index in [0.29, 0.717) is 5.57 Å². The van der Waals surface area contributed by atoms with Crippen molar-refractivity contribution < 1.29 is 9.90 Å². The van der Waals surface area contributed by atoms with Gasteiger partial charge in [-0.3, -0.25) is 0 Å². The Hall–Kier alpha value is -0.790. The lowest BCUT2D eigenvalue weighted by atomic mass is 10.1. The number of hydrogen-bond donors (Lipinski definition) is 1. The maximum absolute atomic E-state index is 10.4. The Morgan fingerprint density at radius 2 is 1.85 bits per heavy atom. The van der Waals surface area contributed by atoms with Gasteiger partial charge in [-0.1, -0.05) is 38.7 Å². The SMILES string of the molecule is CCCCCCCC=C(C)C(=O)O. The third kappa shape index (κ3) is 7.57. The van der Waals surface area contributed by atoms with Gasteiger partial charge in [0.1, 0.15) is 0 Å². The predicted octanol–water partition coefficient (Wildman–Crippen LogP) is 3.38. The van der Waals surface area contributed by atoms with Crippen molar-refractivity contribution in [2.45, 2.75) is 52.4 Å². The van der Waals surface area contributed by atoms with Gasteiger partial charge in [0, 0.05) is 5.57 Å². The standard InChI is InChI=1S/C11H20O2/c1-3-4-5-6-7-8-9-10(2)11(12)13/h9H,3-8H2,1-2H3,(H,12,13). The molecule has 0 heterocycles. The second kappa shape index (κ2) is 7.84. The van der Waals surface area contributed by atoms with Crippen molar-refractivity contribution in [3.8, 4) is 0 Å². The summed E-state index contributed by atoms with van der Waals surface area (Å²) in [6.45, 7) is 3.84. The molecule has 0 fully saturated rings. The smallest absolute Gasteiger partial charge is 0.330 e. The highest BCUT2D eigenvalue weighted by molar-refractivity contribution is 5.85. The first-order chi connectivity index (χ1) is 6.18. The Bertz CT molecular complexity index is 171. The molecule has 0 unspecified atom stereocenters. The van der Waals surface area contributed by atoms with Crippen molar-refractivity contribution in [3.63, 3.8) is 0 Å². The Morgan fingerprint density at radius 1 is 1.23 bits per heavy atom. The van der Waals surface area contributed by atoms with Crippen molar-refractivity contribution in [2.24, 2.45) is 0 Å². The highest BCUT2D eigenvalue weighted by Gasteiger charge is 1.97. The van der Waals surface area contributed by atoms with Crippen molar-refractivity contribution in [1.82, 2.24) is 0 Å². The molecule has 0 spiro atoms. The number of carboxylic acid groups (broad SMARTS) is 1. The summed E-state index contributed by atoms with van der Waals surface area (Å²) in [7, 11) is 0. The number of carboxylic acids is 1. The molecule has 0 rings (SSSR count). The summed E-state index contributed by atoms with van der Waals surface area (Å²) in [5.74, 6) is -0.798. The maximum atomic E-state index is 10.4. The average molecular weight is 184 g/mol. The largest absolute Gasteiger partial charge is 0.478 e. The minimum absolute atomic E-state index is 0.468. The first-order valence-electron chi connectivity index (χ1n) is 5.08. The third-order valence-corrected chi connectivity index (χ3v) is 2.10. The van der Waals surface area contributed by atoms with Gasteiger partial charge >= 0.3 is 5.97 Å². The topological polar surface area (TPSA) is 37.3 Å². The van der Waals surface area contributed by atoms with Crippen molar-refractivity contribution in [2.75, 3.05) is 0 Å². The van der Waals surface area contributed by atoms with Crippen LogP contribution in [0.2, 0.25) is 0 Å². The highest BCUT2D eigenvalue weighted by Crippen LogP contribution is 2.06. The molecule has 0 aliphatic rings. The summed E-state index contributed by atoms with van der Waals surface area (Å²) in [6, 6.07) is 0. The Labute approximate surface area is 80.7 Å². The summed E-state index contributed by atoms with van der Waals surface area (Å²) < 4.78 is 0. The van der Waals surface area contributed by atoms with Crippen LogP contribution in [0.5, 0.6) is 0 Å². The molecular weight excluding hydrogens is 164 g/mol. The number of unbranched alkanes of at least 4 members (excludes halogenated alkanes) is 5. The molecule has 2 nitrogen and oxygen atoms in total. The van der Waals surface area contributed by atoms with Crippen LogP contribution in [0, 0.1) is 0 Å². The van der Waals surface area contributed by atoms with Crippen LogP contribution in [0.25, 0.3) is 0 Å². The highest BCUT2D eigenvalue weighted by atomic mass is 16.4. The van der Waals surface area contributed by atoms with E-state index in [-0.39, 0.29) is 0 Å². The fourth-order valence-corrected chi connectivity index (χ4v) is 1.15. The molecule has 0 amide bonds. The molecular formula is C11H20O2. The second-order valence-electron chi connectivity index (χ2n) is 3.40. The lowest BCUT2D eigenvalue weighted by molar-refractivity contribution is -0.132. The molecule has 0 radical (unpaired) electrons. The molecule has 2 heteroatoms. The Kier molecular flexibility index (Phi) is 7.36. The van der Waals surface area contributed by atoms with Crippen LogP contribution >= 0.6 is 0 Å². The summed E-state index contributed by atoms with van der Waals surface area (Å²) in [5, 5.41) is 8.55. The Balaban J connectivity index is 3.34.